The first-order chi connectivity index (χ1) is 16.6. The normalized spacial score (nSPS) is 16.1. The van der Waals surface area contributed by atoms with Gasteiger partial charge in [0.05, 0.1) is 24.4 Å². The first kappa shape index (κ1) is 21.7. The van der Waals surface area contributed by atoms with Gasteiger partial charge in [-0.1, -0.05) is 6.07 Å². The van der Waals surface area contributed by atoms with Gasteiger partial charge in [0.2, 0.25) is 6.79 Å². The van der Waals surface area contributed by atoms with Crippen molar-refractivity contribution < 1.29 is 33.2 Å². The highest BCUT2D eigenvalue weighted by Crippen LogP contribution is 2.45. The van der Waals surface area contributed by atoms with Crippen LogP contribution in [0.15, 0.2) is 66.2 Å². The number of aldehydes is 1. The third kappa shape index (κ3) is 4.12. The number of carbonyl (C=O) groups excluding carboxylic acids is 1. The van der Waals surface area contributed by atoms with Gasteiger partial charge >= 0.3 is 0 Å². The van der Waals surface area contributed by atoms with Gasteiger partial charge in [0, 0.05) is 5.56 Å². The lowest BCUT2D eigenvalue weighted by molar-refractivity contribution is -0.105. The quantitative estimate of drug-likeness (QED) is 0.441. The first-order valence-electron chi connectivity index (χ1n) is 10.9. The molecule has 0 aromatic heterocycles. The van der Waals surface area contributed by atoms with Crippen LogP contribution in [-0.4, -0.2) is 26.3 Å². The number of rotatable bonds is 7. The monoisotopic (exact) mass is 460 g/mol. The van der Waals surface area contributed by atoms with E-state index in [0.717, 1.165) is 11.8 Å². The predicted octanol–water partition coefficient (Wildman–Crippen LogP) is 5.33. The highest BCUT2D eigenvalue weighted by molar-refractivity contribution is 5.91. The molecular weight excluding hydrogens is 436 g/mol. The zero-order chi connectivity index (χ0) is 23.7. The summed E-state index contributed by atoms with van der Waals surface area (Å²) in [5.41, 5.74) is 1.73. The fourth-order valence-corrected chi connectivity index (χ4v) is 3.91. The Morgan fingerprint density at radius 3 is 2.32 bits per heavy atom. The van der Waals surface area contributed by atoms with Gasteiger partial charge in [-0.05, 0) is 68.4 Å². The van der Waals surface area contributed by atoms with Crippen molar-refractivity contribution in [3.05, 3.63) is 77.4 Å². The standard InChI is InChI=1S/C27H24O7/c1-16(2)32-20-9-11-23-21(13-20)27(33-19-7-5-18(29-3)6-8-19)22(14-28)26(34-23)17-4-10-24-25(12-17)31-15-30-24/h4-14,16,26H,15H2,1-3H3. The lowest BCUT2D eigenvalue weighted by atomic mass is 9.95. The van der Waals surface area contributed by atoms with Gasteiger partial charge in [-0.15, -0.1) is 0 Å². The van der Waals surface area contributed by atoms with Crippen molar-refractivity contribution in [1.82, 2.24) is 0 Å². The Bertz CT molecular complexity index is 1240. The van der Waals surface area contributed by atoms with E-state index in [2.05, 4.69) is 0 Å². The minimum absolute atomic E-state index is 0.00980. The number of fused-ring (bicyclic) bond motifs is 2. The molecule has 0 N–H and O–H groups in total. The zero-order valence-corrected chi connectivity index (χ0v) is 19.1. The highest BCUT2D eigenvalue weighted by atomic mass is 16.7. The molecule has 2 aliphatic rings. The molecule has 0 amide bonds. The minimum Gasteiger partial charge on any atom is -0.497 e. The van der Waals surface area contributed by atoms with Gasteiger partial charge in [-0.25, -0.2) is 0 Å². The van der Waals surface area contributed by atoms with E-state index < -0.39 is 6.10 Å². The van der Waals surface area contributed by atoms with Crippen LogP contribution < -0.4 is 28.4 Å². The van der Waals surface area contributed by atoms with Crippen LogP contribution in [0.25, 0.3) is 5.76 Å². The summed E-state index contributed by atoms with van der Waals surface area (Å²) in [5, 5.41) is 0. The van der Waals surface area contributed by atoms with Gasteiger partial charge < -0.3 is 28.4 Å². The Morgan fingerprint density at radius 2 is 1.59 bits per heavy atom. The molecule has 7 heteroatoms. The van der Waals surface area contributed by atoms with E-state index >= 15 is 0 Å². The van der Waals surface area contributed by atoms with Gasteiger partial charge in [-0.2, -0.15) is 0 Å². The van der Waals surface area contributed by atoms with E-state index in [-0.39, 0.29) is 12.9 Å². The van der Waals surface area contributed by atoms with Crippen LogP contribution in [-0.2, 0) is 4.79 Å². The van der Waals surface area contributed by atoms with Gasteiger partial charge in [-0.3, -0.25) is 4.79 Å². The summed E-state index contributed by atoms with van der Waals surface area (Å²) in [5.74, 6) is 4.15. The maximum Gasteiger partial charge on any atom is 0.231 e. The number of carbonyl (C=O) groups is 1. The van der Waals surface area contributed by atoms with Crippen LogP contribution in [0.2, 0.25) is 0 Å². The lowest BCUT2D eigenvalue weighted by Gasteiger charge is -2.29. The summed E-state index contributed by atoms with van der Waals surface area (Å²) >= 11 is 0. The van der Waals surface area contributed by atoms with E-state index in [9.17, 15) is 4.79 Å². The average molecular weight is 460 g/mol. The fraction of sp³-hybridized carbons (Fsp3) is 0.222. The Morgan fingerprint density at radius 1 is 0.882 bits per heavy atom. The van der Waals surface area contributed by atoms with Crippen molar-refractivity contribution in [2.45, 2.75) is 26.1 Å². The van der Waals surface area contributed by atoms with Crippen molar-refractivity contribution in [3.8, 4) is 34.5 Å². The number of ether oxygens (including phenoxy) is 6. The van der Waals surface area contributed by atoms with Crippen LogP contribution >= 0.6 is 0 Å². The molecule has 5 rings (SSSR count). The first-order valence-corrected chi connectivity index (χ1v) is 10.9. The molecule has 0 saturated carbocycles. The van der Waals surface area contributed by atoms with Crippen molar-refractivity contribution >= 4 is 12.0 Å². The van der Waals surface area contributed by atoms with Crippen LogP contribution in [0.4, 0.5) is 0 Å². The number of hydrogen-bond acceptors (Lipinski definition) is 7. The molecule has 0 aliphatic carbocycles. The summed E-state index contributed by atoms with van der Waals surface area (Å²) < 4.78 is 34.6. The van der Waals surface area contributed by atoms with Crippen molar-refractivity contribution in [2.24, 2.45) is 0 Å². The summed E-state index contributed by atoms with van der Waals surface area (Å²) in [7, 11) is 1.60. The summed E-state index contributed by atoms with van der Waals surface area (Å²) in [6.07, 6.45) is 0.0709. The van der Waals surface area contributed by atoms with Crippen molar-refractivity contribution in [2.75, 3.05) is 13.9 Å². The minimum atomic E-state index is -0.690. The Labute approximate surface area is 197 Å². The molecule has 174 valence electrons. The molecule has 0 radical (unpaired) electrons. The number of hydrogen-bond donors (Lipinski definition) is 0. The smallest absolute Gasteiger partial charge is 0.231 e. The molecule has 2 heterocycles. The Hall–Kier alpha value is -4.13. The largest absolute Gasteiger partial charge is 0.497 e. The van der Waals surface area contributed by atoms with Gasteiger partial charge in [0.15, 0.2) is 23.9 Å². The van der Waals surface area contributed by atoms with E-state index in [1.54, 1.807) is 31.4 Å². The summed E-state index contributed by atoms with van der Waals surface area (Å²) in [4.78, 5) is 12.4. The molecule has 0 spiro atoms. The predicted molar refractivity (Wildman–Crippen MR) is 125 cm³/mol. The molecule has 1 unspecified atom stereocenters. The van der Waals surface area contributed by atoms with Crippen LogP contribution in [0, 0.1) is 0 Å². The van der Waals surface area contributed by atoms with Crippen LogP contribution in [0.1, 0.15) is 31.1 Å². The second kappa shape index (κ2) is 9.02. The third-order valence-electron chi connectivity index (χ3n) is 5.46. The summed E-state index contributed by atoms with van der Waals surface area (Å²) in [6.45, 7) is 4.06. The van der Waals surface area contributed by atoms with E-state index in [1.165, 1.54) is 0 Å². The molecule has 0 fully saturated rings. The van der Waals surface area contributed by atoms with E-state index in [1.807, 2.05) is 50.2 Å². The number of benzene rings is 3. The van der Waals surface area contributed by atoms with Gasteiger partial charge in [0.25, 0.3) is 0 Å². The van der Waals surface area contributed by atoms with Crippen molar-refractivity contribution in [3.63, 3.8) is 0 Å². The maximum absolute atomic E-state index is 12.4. The molecule has 34 heavy (non-hydrogen) atoms. The number of methoxy groups -OCH3 is 1. The Kier molecular flexibility index (Phi) is 5.76. The molecule has 7 nitrogen and oxygen atoms in total. The molecule has 0 saturated heterocycles. The fourth-order valence-electron chi connectivity index (χ4n) is 3.91. The molecule has 3 aromatic carbocycles. The lowest BCUT2D eigenvalue weighted by Crippen LogP contribution is -2.21. The zero-order valence-electron chi connectivity index (χ0n) is 19.1. The molecular formula is C27H24O7. The maximum atomic E-state index is 12.4. The topological polar surface area (TPSA) is 72.5 Å². The second-order valence-electron chi connectivity index (χ2n) is 8.12. The molecule has 1 atom stereocenters. The third-order valence-corrected chi connectivity index (χ3v) is 5.46. The molecule has 3 aromatic rings. The molecule has 2 aliphatic heterocycles. The van der Waals surface area contributed by atoms with Gasteiger partial charge in [0.1, 0.15) is 28.8 Å². The second-order valence-corrected chi connectivity index (χ2v) is 8.12. The Balaban J connectivity index is 1.61. The van der Waals surface area contributed by atoms with E-state index in [0.29, 0.717) is 51.4 Å². The van der Waals surface area contributed by atoms with Crippen LogP contribution in [0.5, 0.6) is 34.5 Å². The molecule has 0 bridgehead atoms. The van der Waals surface area contributed by atoms with Crippen LogP contribution in [0.3, 0.4) is 0 Å². The summed E-state index contributed by atoms with van der Waals surface area (Å²) in [6, 6.07) is 18.1. The van der Waals surface area contributed by atoms with Crippen molar-refractivity contribution in [1.29, 1.82) is 0 Å². The highest BCUT2D eigenvalue weighted by Gasteiger charge is 2.33. The average Bonchev–Trinajstić information content (AvgIpc) is 3.32. The SMILES string of the molecule is COc1ccc(OC2=C(C=O)C(c3ccc4c(c3)OCO4)Oc3ccc(OC(C)C)cc32)cc1. The van der Waals surface area contributed by atoms with E-state index in [4.69, 9.17) is 28.4 Å².